The second kappa shape index (κ2) is 22.3. The van der Waals surface area contributed by atoms with Crippen LogP contribution in [0, 0.1) is 34.0 Å². The first-order chi connectivity index (χ1) is 25.8. The van der Waals surface area contributed by atoms with E-state index in [0.717, 1.165) is 71.2 Å². The molecule has 0 heterocycles. The van der Waals surface area contributed by atoms with Crippen LogP contribution in [0.25, 0.3) is 0 Å². The molecule has 0 aromatic heterocycles. The molecule has 3 saturated carbocycles. The Bertz CT molecular complexity index is 1680. The molecule has 3 aliphatic carbocycles. The van der Waals surface area contributed by atoms with Gasteiger partial charge in [-0.3, -0.25) is 0 Å². The highest BCUT2D eigenvalue weighted by molar-refractivity contribution is 14.0. The summed E-state index contributed by atoms with van der Waals surface area (Å²) in [7, 11) is 0. The number of carbonyl (C=O) groups is 2. The molecule has 56 heavy (non-hydrogen) atoms. The van der Waals surface area contributed by atoms with Crippen molar-refractivity contribution in [2.45, 2.75) is 104 Å². The molecule has 10 N–H and O–H groups in total. The molecule has 0 unspecified atom stereocenters. The topological polar surface area (TPSA) is 264 Å². The number of hydrogen-bond donors (Lipinski definition) is 7. The SMILES string of the molecule is I.N#C[C@@]1(N)CC[C@@H](c2ccc(Br)cc2)C1.N#C[C@@]1(N)CC[C@@H](c2ccc(Br)cc2)C1.N#C[C@]1(N)CC[C@@H](c2ccc(Br)cc2)C1.O=C(O)[C@H](O)[C@@H](O)C(=O)O. The first-order valence-electron chi connectivity index (χ1n) is 17.5. The number of aliphatic hydroxyl groups is 2. The summed E-state index contributed by atoms with van der Waals surface area (Å²) in [4.78, 5) is 19.5. The molecule has 3 aromatic rings. The number of aliphatic carboxylic acids is 2. The predicted octanol–water partition coefficient (Wildman–Crippen LogP) is 7.31. The maximum absolute atomic E-state index is 9.77. The highest BCUT2D eigenvalue weighted by atomic mass is 127. The van der Waals surface area contributed by atoms with Gasteiger partial charge < -0.3 is 37.6 Å². The number of carboxylic acid groups (broad SMARTS) is 2. The van der Waals surface area contributed by atoms with Crippen LogP contribution in [0.2, 0.25) is 0 Å². The number of nitriles is 3. The lowest BCUT2D eigenvalue weighted by Gasteiger charge is -2.14. The number of rotatable bonds is 6. The van der Waals surface area contributed by atoms with Crippen molar-refractivity contribution in [2.24, 2.45) is 17.2 Å². The van der Waals surface area contributed by atoms with Gasteiger partial charge >= 0.3 is 11.9 Å². The lowest BCUT2D eigenvalue weighted by molar-refractivity contribution is -0.165. The number of nitrogens with zero attached hydrogens (tertiary/aromatic N) is 3. The minimum absolute atomic E-state index is 0. The Kier molecular flexibility index (Phi) is 19.6. The van der Waals surface area contributed by atoms with Crippen LogP contribution >= 0.6 is 71.8 Å². The lowest BCUT2D eigenvalue weighted by Crippen LogP contribution is -2.39. The third kappa shape index (κ3) is 14.8. The second-order valence-electron chi connectivity index (χ2n) is 14.3. The van der Waals surface area contributed by atoms with Gasteiger partial charge in [0.1, 0.15) is 16.6 Å². The Morgan fingerprint density at radius 2 is 0.768 bits per heavy atom. The molecule has 0 spiro atoms. The van der Waals surface area contributed by atoms with Crippen molar-refractivity contribution in [3.05, 3.63) is 103 Å². The Balaban J connectivity index is 0.000000260. The fourth-order valence-electron chi connectivity index (χ4n) is 6.86. The molecule has 6 rings (SSSR count). The normalized spacial score (nSPS) is 27.0. The van der Waals surface area contributed by atoms with Gasteiger partial charge in [0, 0.05) is 13.4 Å². The van der Waals surface area contributed by atoms with Crippen LogP contribution in [-0.4, -0.2) is 61.2 Å². The fourth-order valence-corrected chi connectivity index (χ4v) is 7.65. The van der Waals surface area contributed by atoms with E-state index < -0.39 is 40.8 Å². The Morgan fingerprint density at radius 3 is 0.929 bits per heavy atom. The Labute approximate surface area is 369 Å². The summed E-state index contributed by atoms with van der Waals surface area (Å²) in [6, 6.07) is 31.6. The molecule has 12 nitrogen and oxygen atoms in total. The van der Waals surface area contributed by atoms with Gasteiger partial charge in [0.25, 0.3) is 0 Å². The number of aliphatic hydroxyl groups excluding tert-OH is 2. The van der Waals surface area contributed by atoms with Gasteiger partial charge in [0.15, 0.2) is 12.2 Å². The van der Waals surface area contributed by atoms with Crippen molar-refractivity contribution in [3.63, 3.8) is 0 Å². The van der Waals surface area contributed by atoms with Gasteiger partial charge in [-0.15, -0.1) is 24.0 Å². The minimum Gasteiger partial charge on any atom is -0.479 e. The predicted molar refractivity (Wildman–Crippen MR) is 232 cm³/mol. The smallest absolute Gasteiger partial charge is 0.335 e. The van der Waals surface area contributed by atoms with Crippen LogP contribution in [-0.2, 0) is 9.59 Å². The Hall–Kier alpha value is -2.96. The molecule has 0 radical (unpaired) electrons. The van der Waals surface area contributed by atoms with E-state index in [0.29, 0.717) is 17.8 Å². The monoisotopic (exact) mass is 1070 g/mol. The molecule has 3 fully saturated rings. The van der Waals surface area contributed by atoms with Gasteiger partial charge in [-0.2, -0.15) is 15.8 Å². The molecular weight excluding hydrogens is 1030 g/mol. The zero-order valence-electron chi connectivity index (χ0n) is 30.4. The van der Waals surface area contributed by atoms with Crippen molar-refractivity contribution in [3.8, 4) is 18.2 Å². The summed E-state index contributed by atoms with van der Waals surface area (Å²) in [6.45, 7) is 0. The summed E-state index contributed by atoms with van der Waals surface area (Å²) >= 11 is 10.2. The quantitative estimate of drug-likeness (QED) is 0.120. The number of carboxylic acids is 2. The van der Waals surface area contributed by atoms with E-state index >= 15 is 0 Å². The number of nitrogens with two attached hydrogens (primary N) is 3. The standard InChI is InChI=1S/3C12H13BrN2.C4H6O6.HI/c3*13-11-3-1-9(2-4-11)10-5-6-12(15,7-10)8-14;5-1(3(7)8)2(6)4(9)10;/h3*1-4,10H,5-7,15H2;1-2,5-6H,(H,7,8)(H,9,10);1H/t10-,12+;2*10-,12-;1-,2-;/m1111./s1. The van der Waals surface area contributed by atoms with E-state index in [-0.39, 0.29) is 24.0 Å². The van der Waals surface area contributed by atoms with Gasteiger partial charge in [0.2, 0.25) is 0 Å². The van der Waals surface area contributed by atoms with E-state index in [9.17, 15) is 9.59 Å². The van der Waals surface area contributed by atoms with Gasteiger partial charge in [-0.25, -0.2) is 9.59 Å². The van der Waals surface area contributed by atoms with E-state index in [1.807, 2.05) is 36.4 Å². The molecule has 0 amide bonds. The first kappa shape index (κ1) is 49.2. The number of benzene rings is 3. The molecule has 0 saturated heterocycles. The van der Waals surface area contributed by atoms with Crippen LogP contribution in [0.15, 0.2) is 86.2 Å². The summed E-state index contributed by atoms with van der Waals surface area (Å²) in [5, 5.41) is 59.4. The van der Waals surface area contributed by atoms with E-state index in [1.54, 1.807) is 0 Å². The molecule has 0 bridgehead atoms. The molecule has 3 aliphatic rings. The molecule has 0 aliphatic heterocycles. The van der Waals surface area contributed by atoms with Gasteiger partial charge in [-0.1, -0.05) is 84.2 Å². The highest BCUT2D eigenvalue weighted by Gasteiger charge is 2.38. The second-order valence-corrected chi connectivity index (χ2v) is 17.1. The summed E-state index contributed by atoms with van der Waals surface area (Å²) in [6.07, 6.45) is 3.30. The molecule has 8 atom stereocenters. The summed E-state index contributed by atoms with van der Waals surface area (Å²) < 4.78 is 3.26. The highest BCUT2D eigenvalue weighted by Crippen LogP contribution is 2.41. The molecule has 3 aromatic carbocycles. The van der Waals surface area contributed by atoms with Gasteiger partial charge in [0.05, 0.1) is 18.2 Å². The zero-order valence-corrected chi connectivity index (χ0v) is 37.5. The van der Waals surface area contributed by atoms with Gasteiger partial charge in [-0.05, 0) is 129 Å². The molecular formula is C40H46Br3IN6O6. The van der Waals surface area contributed by atoms with Crippen LogP contribution in [0.4, 0.5) is 0 Å². The van der Waals surface area contributed by atoms with E-state index in [4.69, 9.17) is 53.4 Å². The van der Waals surface area contributed by atoms with Crippen molar-refractivity contribution >= 4 is 83.7 Å². The average Bonchev–Trinajstić information content (AvgIpc) is 3.90. The van der Waals surface area contributed by atoms with Crippen molar-refractivity contribution < 1.29 is 30.0 Å². The number of hydrogen-bond acceptors (Lipinski definition) is 10. The van der Waals surface area contributed by atoms with Crippen molar-refractivity contribution in [1.29, 1.82) is 15.8 Å². The average molecular weight is 1070 g/mol. The largest absolute Gasteiger partial charge is 0.479 e. The first-order valence-corrected chi connectivity index (χ1v) is 19.9. The maximum Gasteiger partial charge on any atom is 0.335 e. The summed E-state index contributed by atoms with van der Waals surface area (Å²) in [5.41, 5.74) is 19.9. The van der Waals surface area contributed by atoms with Crippen molar-refractivity contribution in [1.82, 2.24) is 0 Å². The maximum atomic E-state index is 9.77. The molecule has 300 valence electrons. The Morgan fingerprint density at radius 1 is 0.554 bits per heavy atom. The van der Waals surface area contributed by atoms with Crippen LogP contribution in [0.1, 0.15) is 92.2 Å². The summed E-state index contributed by atoms with van der Waals surface area (Å²) in [5.74, 6) is -2.20. The van der Waals surface area contributed by atoms with E-state index in [1.165, 1.54) is 16.7 Å². The third-order valence-electron chi connectivity index (χ3n) is 10.1. The van der Waals surface area contributed by atoms with Crippen LogP contribution in [0.3, 0.4) is 0 Å². The van der Waals surface area contributed by atoms with Crippen LogP contribution in [0.5, 0.6) is 0 Å². The fraction of sp³-hybridized carbons (Fsp3) is 0.425. The minimum atomic E-state index is -2.27. The zero-order chi connectivity index (χ0) is 41.0. The van der Waals surface area contributed by atoms with Crippen molar-refractivity contribution in [2.75, 3.05) is 0 Å². The lowest BCUT2D eigenvalue weighted by atomic mass is 9.94. The molecule has 16 heteroatoms. The number of halogens is 4. The van der Waals surface area contributed by atoms with E-state index in [2.05, 4.69) is 102 Å². The third-order valence-corrected chi connectivity index (χ3v) is 11.7. The van der Waals surface area contributed by atoms with Crippen LogP contribution < -0.4 is 17.2 Å².